The first-order valence-corrected chi connectivity index (χ1v) is 13.2. The molecule has 0 spiro atoms. The molecule has 2 aliphatic rings. The maximum atomic E-state index is 13.5. The Morgan fingerprint density at radius 2 is 1.66 bits per heavy atom. The van der Waals surface area contributed by atoms with Crippen molar-refractivity contribution in [1.29, 1.82) is 0 Å². The van der Waals surface area contributed by atoms with Crippen molar-refractivity contribution in [1.82, 2.24) is 4.90 Å². The summed E-state index contributed by atoms with van der Waals surface area (Å²) < 4.78 is 0. The molecule has 2 amide bonds. The maximum Gasteiger partial charge on any atom is 0.265 e. The standard InChI is InChI=1S/C29H27ClN2O2S/c30-24-9-7-8-22(18-24)20-32-25-10-3-4-11-26(25)35-27(29(32)34)19-21-12-14-23(15-13-21)28(33)31-16-5-1-2-6-17-31/h3-4,7-15,18-19H,1-2,5-6,16-17,20H2. The van der Waals surface area contributed by atoms with E-state index in [9.17, 15) is 9.59 Å². The van der Waals surface area contributed by atoms with Crippen molar-refractivity contribution in [3.8, 4) is 0 Å². The van der Waals surface area contributed by atoms with Crippen LogP contribution in [0.4, 0.5) is 5.69 Å². The van der Waals surface area contributed by atoms with Crippen LogP contribution in [0.25, 0.3) is 6.08 Å². The van der Waals surface area contributed by atoms with Crippen LogP contribution in [-0.2, 0) is 11.3 Å². The highest BCUT2D eigenvalue weighted by Gasteiger charge is 2.29. The third kappa shape index (κ3) is 5.47. The molecule has 3 aromatic carbocycles. The van der Waals surface area contributed by atoms with E-state index in [1.807, 2.05) is 83.8 Å². The smallest absolute Gasteiger partial charge is 0.265 e. The van der Waals surface area contributed by atoms with E-state index in [-0.39, 0.29) is 11.8 Å². The number of anilines is 1. The fourth-order valence-corrected chi connectivity index (χ4v) is 5.84. The molecule has 0 bridgehead atoms. The van der Waals surface area contributed by atoms with Crippen molar-refractivity contribution < 1.29 is 9.59 Å². The predicted molar refractivity (Wildman–Crippen MR) is 144 cm³/mol. The fourth-order valence-electron chi connectivity index (χ4n) is 4.57. The van der Waals surface area contributed by atoms with Gasteiger partial charge in [0.25, 0.3) is 11.8 Å². The highest BCUT2D eigenvalue weighted by atomic mass is 35.5. The number of carbonyl (C=O) groups is 2. The number of benzene rings is 3. The summed E-state index contributed by atoms with van der Waals surface area (Å²) in [5, 5.41) is 0.653. The zero-order valence-corrected chi connectivity index (χ0v) is 21.0. The monoisotopic (exact) mass is 502 g/mol. The SMILES string of the molecule is O=C(c1ccc(C=C2Sc3ccccc3N(Cc3cccc(Cl)c3)C2=O)cc1)N1CCCCCC1. The molecule has 3 aromatic rings. The van der Waals surface area contributed by atoms with Crippen LogP contribution in [0.5, 0.6) is 0 Å². The van der Waals surface area contributed by atoms with Gasteiger partial charge in [-0.1, -0.05) is 72.6 Å². The van der Waals surface area contributed by atoms with Gasteiger partial charge in [-0.2, -0.15) is 0 Å². The summed E-state index contributed by atoms with van der Waals surface area (Å²) in [6, 6.07) is 23.1. The Hall–Kier alpha value is -3.02. The van der Waals surface area contributed by atoms with E-state index < -0.39 is 0 Å². The summed E-state index contributed by atoms with van der Waals surface area (Å²) in [5.74, 6) is 0.0502. The molecule has 1 saturated heterocycles. The maximum absolute atomic E-state index is 13.5. The Labute approximate surface area is 215 Å². The van der Waals surface area contributed by atoms with E-state index >= 15 is 0 Å². The van der Waals surface area contributed by atoms with E-state index in [1.165, 1.54) is 24.6 Å². The van der Waals surface area contributed by atoms with Crippen LogP contribution in [0.1, 0.15) is 47.2 Å². The Kier molecular flexibility index (Phi) is 7.26. The van der Waals surface area contributed by atoms with Crippen molar-refractivity contribution in [2.45, 2.75) is 37.1 Å². The second-order valence-corrected chi connectivity index (χ2v) is 10.4. The first kappa shape index (κ1) is 23.7. The molecule has 5 rings (SSSR count). The molecular weight excluding hydrogens is 476 g/mol. The Bertz CT molecular complexity index is 1260. The number of amides is 2. The minimum absolute atomic E-state index is 0.0432. The average Bonchev–Trinajstić information content (AvgIpc) is 3.16. The van der Waals surface area contributed by atoms with Crippen LogP contribution >= 0.6 is 23.4 Å². The summed E-state index contributed by atoms with van der Waals surface area (Å²) in [6.45, 7) is 2.10. The average molecular weight is 503 g/mol. The lowest BCUT2D eigenvalue weighted by Gasteiger charge is -2.30. The molecule has 0 aliphatic carbocycles. The number of hydrogen-bond donors (Lipinski definition) is 0. The molecule has 0 radical (unpaired) electrons. The molecule has 178 valence electrons. The number of hydrogen-bond acceptors (Lipinski definition) is 3. The topological polar surface area (TPSA) is 40.6 Å². The molecule has 0 aromatic heterocycles. The number of likely N-dealkylation sites (tertiary alicyclic amines) is 1. The molecule has 0 N–H and O–H groups in total. The van der Waals surface area contributed by atoms with Crippen LogP contribution in [-0.4, -0.2) is 29.8 Å². The van der Waals surface area contributed by atoms with Crippen LogP contribution in [0.2, 0.25) is 5.02 Å². The lowest BCUT2D eigenvalue weighted by Crippen LogP contribution is -2.33. The number of halogens is 1. The normalized spacial score (nSPS) is 17.3. The predicted octanol–water partition coefficient (Wildman–Crippen LogP) is 7.04. The highest BCUT2D eigenvalue weighted by Crippen LogP contribution is 2.42. The zero-order chi connectivity index (χ0) is 24.2. The van der Waals surface area contributed by atoms with E-state index in [0.29, 0.717) is 22.0 Å². The zero-order valence-electron chi connectivity index (χ0n) is 19.5. The van der Waals surface area contributed by atoms with E-state index in [4.69, 9.17) is 11.6 Å². The van der Waals surface area contributed by atoms with Gasteiger partial charge in [-0.25, -0.2) is 0 Å². The van der Waals surface area contributed by atoms with Gasteiger partial charge in [0, 0.05) is 28.6 Å². The molecule has 1 fully saturated rings. The summed E-state index contributed by atoms with van der Waals surface area (Å²) in [6.07, 6.45) is 6.44. The van der Waals surface area contributed by atoms with Crippen LogP contribution in [0.15, 0.2) is 82.6 Å². The minimum atomic E-state index is -0.0432. The van der Waals surface area contributed by atoms with E-state index in [0.717, 1.165) is 47.6 Å². The number of para-hydroxylation sites is 1. The number of rotatable bonds is 4. The first-order chi connectivity index (χ1) is 17.1. The molecule has 35 heavy (non-hydrogen) atoms. The van der Waals surface area contributed by atoms with Crippen LogP contribution in [0.3, 0.4) is 0 Å². The van der Waals surface area contributed by atoms with E-state index in [1.54, 1.807) is 4.90 Å². The van der Waals surface area contributed by atoms with Crippen molar-refractivity contribution in [3.63, 3.8) is 0 Å². The summed E-state index contributed by atoms with van der Waals surface area (Å²) in [4.78, 5) is 31.9. The van der Waals surface area contributed by atoms with Crippen molar-refractivity contribution in [2.75, 3.05) is 18.0 Å². The molecule has 2 heterocycles. The third-order valence-corrected chi connectivity index (χ3v) is 7.72. The Balaban J connectivity index is 1.39. The number of thioether (sulfide) groups is 1. The Morgan fingerprint density at radius 1 is 0.914 bits per heavy atom. The summed E-state index contributed by atoms with van der Waals surface area (Å²) in [5.41, 5.74) is 3.47. The van der Waals surface area contributed by atoms with Gasteiger partial charge in [-0.15, -0.1) is 0 Å². The highest BCUT2D eigenvalue weighted by molar-refractivity contribution is 8.04. The van der Waals surface area contributed by atoms with E-state index in [2.05, 4.69) is 0 Å². The van der Waals surface area contributed by atoms with Gasteiger partial charge >= 0.3 is 0 Å². The van der Waals surface area contributed by atoms with Crippen molar-refractivity contribution in [3.05, 3.63) is 99.4 Å². The third-order valence-electron chi connectivity index (χ3n) is 6.41. The fraction of sp³-hybridized carbons (Fsp3) is 0.241. The first-order valence-electron chi connectivity index (χ1n) is 12.0. The Morgan fingerprint density at radius 3 is 2.40 bits per heavy atom. The molecular formula is C29H27ClN2O2S. The number of carbonyl (C=O) groups excluding carboxylic acids is 2. The quantitative estimate of drug-likeness (QED) is 0.359. The molecule has 2 aliphatic heterocycles. The van der Waals surface area contributed by atoms with Gasteiger partial charge in [-0.3, -0.25) is 9.59 Å². The summed E-state index contributed by atoms with van der Waals surface area (Å²) >= 11 is 7.66. The molecule has 6 heteroatoms. The van der Waals surface area contributed by atoms with Gasteiger partial charge in [0.15, 0.2) is 0 Å². The van der Waals surface area contributed by atoms with Gasteiger partial charge in [0.05, 0.1) is 17.1 Å². The van der Waals surface area contributed by atoms with Gasteiger partial charge in [0.2, 0.25) is 0 Å². The number of fused-ring (bicyclic) bond motifs is 1. The number of nitrogens with zero attached hydrogens (tertiary/aromatic N) is 2. The van der Waals surface area contributed by atoms with Crippen LogP contribution in [0, 0.1) is 0 Å². The van der Waals surface area contributed by atoms with Crippen molar-refractivity contribution >= 4 is 46.9 Å². The largest absolute Gasteiger partial charge is 0.339 e. The van der Waals surface area contributed by atoms with Crippen molar-refractivity contribution in [2.24, 2.45) is 0 Å². The molecule has 4 nitrogen and oxygen atoms in total. The lowest BCUT2D eigenvalue weighted by molar-refractivity contribution is -0.114. The van der Waals surface area contributed by atoms with Gasteiger partial charge < -0.3 is 9.80 Å². The van der Waals surface area contributed by atoms with Crippen LogP contribution < -0.4 is 4.90 Å². The summed E-state index contributed by atoms with van der Waals surface area (Å²) in [7, 11) is 0. The van der Waals surface area contributed by atoms with Gasteiger partial charge in [-0.05, 0) is 66.4 Å². The lowest BCUT2D eigenvalue weighted by atomic mass is 10.1. The molecule has 0 unspecified atom stereocenters. The second-order valence-electron chi connectivity index (χ2n) is 8.93. The van der Waals surface area contributed by atoms with Gasteiger partial charge in [0.1, 0.15) is 0 Å². The minimum Gasteiger partial charge on any atom is -0.339 e. The molecule has 0 saturated carbocycles. The second kappa shape index (κ2) is 10.7. The molecule has 0 atom stereocenters.